The van der Waals surface area contributed by atoms with E-state index >= 15 is 0 Å². The van der Waals surface area contributed by atoms with Crippen LogP contribution in [0.2, 0.25) is 0 Å². The molecule has 2 aliphatic rings. The fourth-order valence-electron chi connectivity index (χ4n) is 2.35. The zero-order valence-electron chi connectivity index (χ0n) is 6.81. The van der Waals surface area contributed by atoms with Crippen LogP contribution in [0.4, 0.5) is 0 Å². The molecule has 0 spiro atoms. The quantitative estimate of drug-likeness (QED) is 0.479. The maximum absolute atomic E-state index is 5.51. The molecule has 1 heterocycles. The molecule has 1 saturated heterocycles. The van der Waals surface area contributed by atoms with Crippen LogP contribution in [0.3, 0.4) is 0 Å². The van der Waals surface area contributed by atoms with Crippen molar-refractivity contribution in [1.29, 1.82) is 0 Å². The number of terminal acetylenes is 1. The summed E-state index contributed by atoms with van der Waals surface area (Å²) in [6.45, 7) is 1.75. The van der Waals surface area contributed by atoms with Crippen LogP contribution >= 0.6 is 0 Å². The van der Waals surface area contributed by atoms with Crippen LogP contribution in [0.5, 0.6) is 0 Å². The number of fused-ring (bicyclic) bond motifs is 2. The first-order chi connectivity index (χ1) is 5.35. The van der Waals surface area contributed by atoms with Crippen molar-refractivity contribution >= 4 is 0 Å². The third kappa shape index (κ3) is 1.16. The molecule has 2 fully saturated rings. The molecule has 0 radical (unpaired) electrons. The van der Waals surface area contributed by atoms with Gasteiger partial charge in [0.05, 0.1) is 12.0 Å². The van der Waals surface area contributed by atoms with Crippen molar-refractivity contribution in [2.75, 3.05) is 13.2 Å². The highest BCUT2D eigenvalue weighted by atomic mass is 16.5. The first-order valence-electron chi connectivity index (χ1n) is 4.40. The van der Waals surface area contributed by atoms with E-state index in [1.807, 2.05) is 0 Å². The van der Waals surface area contributed by atoms with E-state index in [0.29, 0.717) is 0 Å². The Morgan fingerprint density at radius 1 is 1.55 bits per heavy atom. The molecule has 2 rings (SSSR count). The summed E-state index contributed by atoms with van der Waals surface area (Å²) < 4.78 is 5.49. The van der Waals surface area contributed by atoms with E-state index in [0.717, 1.165) is 19.1 Å². The molecule has 2 atom stereocenters. The van der Waals surface area contributed by atoms with Gasteiger partial charge in [0.25, 0.3) is 0 Å². The second kappa shape index (κ2) is 2.53. The molecule has 11 heavy (non-hydrogen) atoms. The fraction of sp³-hybridized carbons (Fsp3) is 0.800. The number of hydrogen-bond acceptors (Lipinski definition) is 1. The van der Waals surface area contributed by atoms with Crippen molar-refractivity contribution in [3.8, 4) is 12.3 Å². The van der Waals surface area contributed by atoms with E-state index in [2.05, 4.69) is 5.92 Å². The van der Waals surface area contributed by atoms with Crippen LogP contribution < -0.4 is 0 Å². The Balaban J connectivity index is 2.15. The molecule has 1 aliphatic heterocycles. The van der Waals surface area contributed by atoms with Gasteiger partial charge >= 0.3 is 0 Å². The lowest BCUT2D eigenvalue weighted by molar-refractivity contribution is -0.0409. The van der Waals surface area contributed by atoms with Gasteiger partial charge in [0, 0.05) is 6.61 Å². The Kier molecular flexibility index (Phi) is 1.65. The molecule has 0 amide bonds. The zero-order chi connectivity index (χ0) is 7.73. The Labute approximate surface area is 68.1 Å². The standard InChI is InChI=1S/C10H14O/c1-2-10-5-3-4-9(6-10)7-11-8-10/h1,9H,3-8H2. The maximum Gasteiger partial charge on any atom is 0.0632 e. The van der Waals surface area contributed by atoms with Gasteiger partial charge in [0.15, 0.2) is 0 Å². The number of ether oxygens (including phenoxy) is 1. The van der Waals surface area contributed by atoms with Crippen molar-refractivity contribution in [3.05, 3.63) is 0 Å². The summed E-state index contributed by atoms with van der Waals surface area (Å²) in [5, 5.41) is 0. The van der Waals surface area contributed by atoms with Crippen molar-refractivity contribution in [2.45, 2.75) is 25.7 Å². The number of rotatable bonds is 0. The Hall–Kier alpha value is -0.480. The maximum atomic E-state index is 5.51. The molecule has 2 unspecified atom stereocenters. The molecule has 1 nitrogen and oxygen atoms in total. The SMILES string of the molecule is C#CC12CCCC(COC1)C2. The molecule has 1 heteroatoms. The smallest absolute Gasteiger partial charge is 0.0632 e. The van der Waals surface area contributed by atoms with Crippen LogP contribution in [0.25, 0.3) is 0 Å². The second-order valence-corrected chi connectivity index (χ2v) is 3.90. The van der Waals surface area contributed by atoms with Crippen LogP contribution in [0, 0.1) is 23.7 Å². The van der Waals surface area contributed by atoms with Gasteiger partial charge in [-0.2, -0.15) is 0 Å². The van der Waals surface area contributed by atoms with E-state index in [-0.39, 0.29) is 5.41 Å². The molecule has 0 aromatic rings. The second-order valence-electron chi connectivity index (χ2n) is 3.90. The third-order valence-corrected chi connectivity index (χ3v) is 2.99. The van der Waals surface area contributed by atoms with Crippen molar-refractivity contribution in [2.24, 2.45) is 11.3 Å². The normalized spacial score (nSPS) is 43.0. The highest BCUT2D eigenvalue weighted by molar-refractivity contribution is 5.09. The van der Waals surface area contributed by atoms with Crippen molar-refractivity contribution < 1.29 is 4.74 Å². The van der Waals surface area contributed by atoms with Crippen LogP contribution in [0.15, 0.2) is 0 Å². The molecular weight excluding hydrogens is 136 g/mol. The van der Waals surface area contributed by atoms with Gasteiger partial charge < -0.3 is 4.74 Å². The van der Waals surface area contributed by atoms with Crippen molar-refractivity contribution in [3.63, 3.8) is 0 Å². The van der Waals surface area contributed by atoms with Gasteiger partial charge in [-0.15, -0.1) is 6.42 Å². The van der Waals surface area contributed by atoms with Crippen LogP contribution in [-0.4, -0.2) is 13.2 Å². The molecular formula is C10H14O. The minimum absolute atomic E-state index is 0.126. The van der Waals surface area contributed by atoms with E-state index in [1.165, 1.54) is 25.7 Å². The highest BCUT2D eigenvalue weighted by Gasteiger charge is 2.38. The lowest BCUT2D eigenvalue weighted by Crippen LogP contribution is -2.38. The molecule has 0 aromatic heterocycles. The third-order valence-electron chi connectivity index (χ3n) is 2.99. The lowest BCUT2D eigenvalue weighted by Gasteiger charge is -2.41. The predicted octanol–water partition coefficient (Wildman–Crippen LogP) is 1.83. The minimum atomic E-state index is 0.126. The van der Waals surface area contributed by atoms with E-state index in [4.69, 9.17) is 11.2 Å². The average Bonchev–Trinajstić information content (AvgIpc) is 2.05. The average molecular weight is 150 g/mol. The first kappa shape index (κ1) is 7.18. The molecule has 0 aromatic carbocycles. The Morgan fingerprint density at radius 3 is 3.18 bits per heavy atom. The molecule has 1 saturated carbocycles. The monoisotopic (exact) mass is 150 g/mol. The van der Waals surface area contributed by atoms with Crippen molar-refractivity contribution in [1.82, 2.24) is 0 Å². The minimum Gasteiger partial charge on any atom is -0.380 e. The fourth-order valence-corrected chi connectivity index (χ4v) is 2.35. The molecule has 1 aliphatic carbocycles. The molecule has 2 bridgehead atoms. The van der Waals surface area contributed by atoms with Gasteiger partial charge in [-0.25, -0.2) is 0 Å². The van der Waals surface area contributed by atoms with Gasteiger partial charge in [-0.05, 0) is 25.2 Å². The predicted molar refractivity (Wildman–Crippen MR) is 44.0 cm³/mol. The summed E-state index contributed by atoms with van der Waals surface area (Å²) in [6.07, 6.45) is 10.5. The topological polar surface area (TPSA) is 9.23 Å². The summed E-state index contributed by atoms with van der Waals surface area (Å²) >= 11 is 0. The Bertz CT molecular complexity index is 180. The van der Waals surface area contributed by atoms with Gasteiger partial charge in [-0.3, -0.25) is 0 Å². The van der Waals surface area contributed by atoms with Crippen LogP contribution in [0.1, 0.15) is 25.7 Å². The summed E-state index contributed by atoms with van der Waals surface area (Å²) in [6, 6.07) is 0. The van der Waals surface area contributed by atoms with E-state index in [9.17, 15) is 0 Å². The van der Waals surface area contributed by atoms with Gasteiger partial charge in [0.2, 0.25) is 0 Å². The molecule has 60 valence electrons. The van der Waals surface area contributed by atoms with E-state index < -0.39 is 0 Å². The Morgan fingerprint density at radius 2 is 2.45 bits per heavy atom. The summed E-state index contributed by atoms with van der Waals surface area (Å²) in [4.78, 5) is 0. The van der Waals surface area contributed by atoms with Crippen LogP contribution in [-0.2, 0) is 4.74 Å². The first-order valence-corrected chi connectivity index (χ1v) is 4.40. The highest BCUT2D eigenvalue weighted by Crippen LogP contribution is 2.42. The summed E-state index contributed by atoms with van der Waals surface area (Å²) in [7, 11) is 0. The lowest BCUT2D eigenvalue weighted by atomic mass is 9.69. The van der Waals surface area contributed by atoms with Gasteiger partial charge in [-0.1, -0.05) is 12.3 Å². The summed E-state index contributed by atoms with van der Waals surface area (Å²) in [5.41, 5.74) is 0.126. The molecule has 0 N–H and O–H groups in total. The summed E-state index contributed by atoms with van der Waals surface area (Å²) in [5.74, 6) is 3.68. The van der Waals surface area contributed by atoms with E-state index in [1.54, 1.807) is 0 Å². The zero-order valence-corrected chi connectivity index (χ0v) is 6.81. The largest absolute Gasteiger partial charge is 0.380 e. The number of hydrogen-bond donors (Lipinski definition) is 0. The van der Waals surface area contributed by atoms with Gasteiger partial charge in [0.1, 0.15) is 0 Å².